The van der Waals surface area contributed by atoms with Crippen LogP contribution in [0.2, 0.25) is 10.0 Å². The van der Waals surface area contributed by atoms with Gasteiger partial charge in [-0.05, 0) is 79.6 Å². The molecule has 260 valence electrons. The van der Waals surface area contributed by atoms with Crippen LogP contribution in [0, 0.1) is 0 Å². The normalized spacial score (nSPS) is 19.9. The van der Waals surface area contributed by atoms with Gasteiger partial charge in [-0.1, -0.05) is 36.2 Å². The van der Waals surface area contributed by atoms with Gasteiger partial charge in [0.25, 0.3) is 0 Å². The minimum atomic E-state index is -0.870. The van der Waals surface area contributed by atoms with Crippen molar-refractivity contribution in [1.82, 2.24) is 29.6 Å². The molecule has 2 aliphatic heterocycles. The van der Waals surface area contributed by atoms with Crippen molar-refractivity contribution in [3.05, 3.63) is 123 Å². The molecule has 4 heterocycles. The minimum absolute atomic E-state index is 0.0665. The Morgan fingerprint density at radius 2 is 1.58 bits per heavy atom. The number of nitrogens with one attached hydrogen (secondary N) is 1. The zero-order valence-electron chi connectivity index (χ0n) is 28.1. The van der Waals surface area contributed by atoms with Gasteiger partial charge in [-0.2, -0.15) is 5.10 Å². The van der Waals surface area contributed by atoms with Crippen LogP contribution in [0.4, 0.5) is 11.4 Å². The fourth-order valence-electron chi connectivity index (χ4n) is 6.58. The minimum Gasteiger partial charge on any atom is -0.491 e. The summed E-state index contributed by atoms with van der Waals surface area (Å²) in [5.74, 6) is 0.781. The Balaban J connectivity index is 0.930. The highest BCUT2D eigenvalue weighted by Crippen LogP contribution is 2.38. The molecule has 3 atom stereocenters. The summed E-state index contributed by atoms with van der Waals surface area (Å²) < 4.78 is 16.0. The predicted octanol–water partition coefficient (Wildman–Crippen LogP) is 5.89. The molecule has 1 N–H and O–H groups in total. The fraction of sp³-hybridized carbons (Fsp3) is 0.351. The lowest BCUT2D eigenvalue weighted by Crippen LogP contribution is -2.46. The molecule has 7 rings (SSSR count). The molecule has 2 saturated heterocycles. The SMILES string of the molecule is CCC(C)n1ncn(-c2ccc(N3CCN(c4ccc(OCC5CNC(Cc6cncnc6)(c6ccc(Cl)cc6Cl)O5)cc4)CC3)cc2)c1=O. The number of nitrogens with zero attached hydrogens (tertiary/aromatic N) is 7. The van der Waals surface area contributed by atoms with Gasteiger partial charge in [-0.3, -0.25) is 5.32 Å². The summed E-state index contributed by atoms with van der Waals surface area (Å²) in [6.07, 6.45) is 7.80. The van der Waals surface area contributed by atoms with E-state index >= 15 is 0 Å². The number of anilines is 2. The quantitative estimate of drug-likeness (QED) is 0.179. The third-order valence-electron chi connectivity index (χ3n) is 9.53. The fourth-order valence-corrected chi connectivity index (χ4v) is 7.14. The van der Waals surface area contributed by atoms with E-state index in [-0.39, 0.29) is 17.8 Å². The maximum atomic E-state index is 12.8. The smallest absolute Gasteiger partial charge is 0.350 e. The Bertz CT molecular complexity index is 1950. The summed E-state index contributed by atoms with van der Waals surface area (Å²) >= 11 is 12.9. The Labute approximate surface area is 301 Å². The van der Waals surface area contributed by atoms with E-state index in [1.54, 1.807) is 34.0 Å². The highest BCUT2D eigenvalue weighted by Gasteiger charge is 2.43. The van der Waals surface area contributed by atoms with Crippen LogP contribution in [0.3, 0.4) is 0 Å². The second-order valence-corrected chi connectivity index (χ2v) is 13.6. The molecule has 3 unspecified atom stereocenters. The molecule has 0 spiro atoms. The number of aromatic nitrogens is 5. The van der Waals surface area contributed by atoms with Crippen molar-refractivity contribution in [2.24, 2.45) is 0 Å². The molecule has 0 amide bonds. The summed E-state index contributed by atoms with van der Waals surface area (Å²) in [6, 6.07) is 21.9. The van der Waals surface area contributed by atoms with Crippen molar-refractivity contribution in [1.29, 1.82) is 0 Å². The van der Waals surface area contributed by atoms with E-state index < -0.39 is 5.72 Å². The Kier molecular flexibility index (Phi) is 10.1. The molecular weight excluding hydrogens is 675 g/mol. The molecule has 5 aromatic rings. The third-order valence-corrected chi connectivity index (χ3v) is 10.1. The summed E-state index contributed by atoms with van der Waals surface area (Å²) in [7, 11) is 0. The molecule has 0 aliphatic carbocycles. The Morgan fingerprint density at radius 3 is 2.22 bits per heavy atom. The van der Waals surface area contributed by atoms with Crippen molar-refractivity contribution >= 4 is 34.6 Å². The van der Waals surface area contributed by atoms with E-state index in [0.29, 0.717) is 29.6 Å². The molecule has 50 heavy (non-hydrogen) atoms. The third kappa shape index (κ3) is 7.22. The monoisotopic (exact) mass is 714 g/mol. The number of hydrogen-bond acceptors (Lipinski definition) is 9. The molecule has 11 nitrogen and oxygen atoms in total. The van der Waals surface area contributed by atoms with Gasteiger partial charge >= 0.3 is 5.69 Å². The Hall–Kier alpha value is -4.42. The maximum absolute atomic E-state index is 12.8. The van der Waals surface area contributed by atoms with Crippen LogP contribution in [-0.2, 0) is 16.9 Å². The van der Waals surface area contributed by atoms with E-state index in [4.69, 9.17) is 32.7 Å². The van der Waals surface area contributed by atoms with Crippen LogP contribution in [0.25, 0.3) is 5.69 Å². The van der Waals surface area contributed by atoms with E-state index in [0.717, 1.165) is 66.5 Å². The zero-order valence-corrected chi connectivity index (χ0v) is 29.6. The molecule has 2 aliphatic rings. The lowest BCUT2D eigenvalue weighted by molar-refractivity contribution is -0.0674. The molecule has 3 aromatic carbocycles. The lowest BCUT2D eigenvalue weighted by atomic mass is 9.96. The standard InChI is InChI=1S/C37H40Cl2N8O3/c1-3-26(2)47-36(48)46(25-43-47)31-7-5-29(6-8-31)44-14-16-45(17-15-44)30-9-11-32(12-10-30)49-23-33-22-42-37(50-33,19-27-20-40-24-41-21-27)34-13-4-28(38)18-35(34)39/h4-13,18,20-21,24-26,33,42H,3,14-17,19,22-23H2,1-2H3. The van der Waals surface area contributed by atoms with Crippen LogP contribution < -0.4 is 25.5 Å². The average Bonchev–Trinajstić information content (AvgIpc) is 3.74. The first-order valence-electron chi connectivity index (χ1n) is 16.9. The summed E-state index contributed by atoms with van der Waals surface area (Å²) in [6.45, 7) is 8.58. The summed E-state index contributed by atoms with van der Waals surface area (Å²) in [5, 5.41) is 8.95. The average molecular weight is 716 g/mol. The highest BCUT2D eigenvalue weighted by molar-refractivity contribution is 6.35. The van der Waals surface area contributed by atoms with Crippen LogP contribution in [0.15, 0.2) is 96.6 Å². The van der Waals surface area contributed by atoms with Crippen LogP contribution in [0.5, 0.6) is 5.75 Å². The van der Waals surface area contributed by atoms with Crippen molar-refractivity contribution in [2.45, 2.75) is 44.6 Å². The second-order valence-electron chi connectivity index (χ2n) is 12.8. The van der Waals surface area contributed by atoms with E-state index in [2.05, 4.69) is 61.4 Å². The number of halogens is 2. The number of ether oxygens (including phenoxy) is 2. The van der Waals surface area contributed by atoms with Crippen molar-refractivity contribution in [3.8, 4) is 11.4 Å². The van der Waals surface area contributed by atoms with Crippen LogP contribution >= 0.6 is 23.2 Å². The van der Waals surface area contributed by atoms with Crippen LogP contribution in [0.1, 0.15) is 37.4 Å². The van der Waals surface area contributed by atoms with E-state index in [9.17, 15) is 4.79 Å². The van der Waals surface area contributed by atoms with E-state index in [1.807, 2.05) is 43.3 Å². The lowest BCUT2D eigenvalue weighted by Gasteiger charge is -2.37. The van der Waals surface area contributed by atoms with Crippen molar-refractivity contribution < 1.29 is 9.47 Å². The van der Waals surface area contributed by atoms with Gasteiger partial charge in [0.15, 0.2) is 5.72 Å². The number of benzene rings is 3. The molecular formula is C37H40Cl2N8O3. The van der Waals surface area contributed by atoms with Gasteiger partial charge in [-0.15, -0.1) is 0 Å². The molecule has 0 saturated carbocycles. The first-order chi connectivity index (χ1) is 24.3. The molecule has 2 fully saturated rings. The molecule has 13 heteroatoms. The van der Waals surface area contributed by atoms with Crippen LogP contribution in [-0.4, -0.2) is 69.8 Å². The highest BCUT2D eigenvalue weighted by atomic mass is 35.5. The van der Waals surface area contributed by atoms with Gasteiger partial charge < -0.3 is 19.3 Å². The first-order valence-corrected chi connectivity index (χ1v) is 17.7. The topological polar surface area (TPSA) is 103 Å². The summed E-state index contributed by atoms with van der Waals surface area (Å²) in [4.78, 5) is 25.9. The van der Waals surface area contributed by atoms with Gasteiger partial charge in [-0.25, -0.2) is 24.0 Å². The predicted molar refractivity (Wildman–Crippen MR) is 196 cm³/mol. The largest absolute Gasteiger partial charge is 0.491 e. The maximum Gasteiger partial charge on any atom is 0.350 e. The Morgan fingerprint density at radius 1 is 0.940 bits per heavy atom. The van der Waals surface area contributed by atoms with Gasteiger partial charge in [0.05, 0.1) is 11.7 Å². The number of rotatable bonds is 11. The van der Waals surface area contributed by atoms with Gasteiger partial charge in [0.2, 0.25) is 0 Å². The van der Waals surface area contributed by atoms with Gasteiger partial charge in [0.1, 0.15) is 31.1 Å². The second kappa shape index (κ2) is 14.8. The molecule has 0 bridgehead atoms. The summed E-state index contributed by atoms with van der Waals surface area (Å²) in [5.41, 5.74) is 3.85. The molecule has 0 radical (unpaired) electrons. The molecule has 2 aromatic heterocycles. The van der Waals surface area contributed by atoms with Crippen molar-refractivity contribution in [3.63, 3.8) is 0 Å². The first kappa shape index (κ1) is 34.0. The van der Waals surface area contributed by atoms with Gasteiger partial charge in [0, 0.05) is 78.5 Å². The van der Waals surface area contributed by atoms with Crippen molar-refractivity contribution in [2.75, 3.05) is 49.1 Å². The zero-order chi connectivity index (χ0) is 34.7. The van der Waals surface area contributed by atoms with E-state index in [1.165, 1.54) is 6.33 Å². The number of piperazine rings is 1. The number of hydrogen-bond donors (Lipinski definition) is 1.